The molecule has 0 aromatic carbocycles. The van der Waals surface area contributed by atoms with Gasteiger partial charge in [-0.05, 0) is 121 Å². The lowest BCUT2D eigenvalue weighted by atomic mass is 9.32. The first-order valence-electron chi connectivity index (χ1n) is 14.0. The van der Waals surface area contributed by atoms with Crippen molar-refractivity contribution in [3.63, 3.8) is 0 Å². The second-order valence-electron chi connectivity index (χ2n) is 14.5. The summed E-state index contributed by atoms with van der Waals surface area (Å²) in [5.41, 5.74) is 0.669. The third-order valence-electron chi connectivity index (χ3n) is 13.6. The van der Waals surface area contributed by atoms with Gasteiger partial charge in [-0.15, -0.1) is 0 Å². The quantitative estimate of drug-likeness (QED) is 0.436. The fraction of sp³-hybridized carbons (Fsp3) is 0.900. The standard InChI is InChI=1S/C30H48O4/c1-18(17-31)19-9-14-30(25(33)34)16-15-28(5)20(24(19)30)7-8-22-27(4)12-11-23(32)26(2,3)21(27)10-13-29(22,28)6/h19-24,31-32H,1,7-17H2,2-6H3,(H,33,34)/t19?,20?,21?,22?,23-,24?,27-,28+,29+,30-/m0/s1. The van der Waals surface area contributed by atoms with Crippen LogP contribution in [0.2, 0.25) is 0 Å². The van der Waals surface area contributed by atoms with Gasteiger partial charge in [0.25, 0.3) is 0 Å². The van der Waals surface area contributed by atoms with E-state index in [1.807, 2.05) is 0 Å². The predicted molar refractivity (Wildman–Crippen MR) is 134 cm³/mol. The van der Waals surface area contributed by atoms with Crippen LogP contribution in [-0.2, 0) is 4.79 Å². The molecule has 34 heavy (non-hydrogen) atoms. The van der Waals surface area contributed by atoms with Crippen LogP contribution in [0.15, 0.2) is 12.2 Å². The van der Waals surface area contributed by atoms with Crippen molar-refractivity contribution in [1.29, 1.82) is 0 Å². The van der Waals surface area contributed by atoms with Crippen LogP contribution in [0.3, 0.4) is 0 Å². The zero-order valence-electron chi connectivity index (χ0n) is 22.2. The average Bonchev–Trinajstić information content (AvgIpc) is 3.18. The maximum absolute atomic E-state index is 12.8. The molecule has 10 atom stereocenters. The van der Waals surface area contributed by atoms with Gasteiger partial charge in [0, 0.05) is 0 Å². The summed E-state index contributed by atoms with van der Waals surface area (Å²) in [5.74, 6) is 1.13. The second-order valence-corrected chi connectivity index (χ2v) is 14.5. The highest BCUT2D eigenvalue weighted by atomic mass is 16.4. The summed E-state index contributed by atoms with van der Waals surface area (Å²) >= 11 is 0. The number of rotatable bonds is 3. The first kappa shape index (κ1) is 24.8. The molecule has 4 nitrogen and oxygen atoms in total. The van der Waals surface area contributed by atoms with E-state index in [9.17, 15) is 20.1 Å². The molecular weight excluding hydrogens is 424 g/mol. The van der Waals surface area contributed by atoms with E-state index < -0.39 is 11.4 Å². The van der Waals surface area contributed by atoms with Gasteiger partial charge in [-0.2, -0.15) is 0 Å². The summed E-state index contributed by atoms with van der Waals surface area (Å²) < 4.78 is 0. The van der Waals surface area contributed by atoms with Crippen LogP contribution in [0, 0.1) is 56.7 Å². The number of aliphatic carboxylic acids is 1. The molecule has 4 heteroatoms. The minimum absolute atomic E-state index is 0.0304. The van der Waals surface area contributed by atoms with Crippen molar-refractivity contribution >= 4 is 5.97 Å². The highest BCUT2D eigenvalue weighted by Gasteiger charge is 2.72. The van der Waals surface area contributed by atoms with Gasteiger partial charge in [0.1, 0.15) is 0 Å². The second kappa shape index (κ2) is 7.57. The van der Waals surface area contributed by atoms with Crippen LogP contribution < -0.4 is 0 Å². The molecule has 192 valence electrons. The first-order valence-corrected chi connectivity index (χ1v) is 14.0. The van der Waals surface area contributed by atoms with Gasteiger partial charge >= 0.3 is 5.97 Å². The highest BCUT2D eigenvalue weighted by Crippen LogP contribution is 2.77. The van der Waals surface area contributed by atoms with Crippen LogP contribution in [0.25, 0.3) is 0 Å². The molecule has 5 fully saturated rings. The molecule has 5 aliphatic carbocycles. The van der Waals surface area contributed by atoms with Crippen molar-refractivity contribution < 1.29 is 20.1 Å². The smallest absolute Gasteiger partial charge is 0.309 e. The Hall–Kier alpha value is -0.870. The number of aliphatic hydroxyl groups excluding tert-OH is 2. The minimum atomic E-state index is -0.645. The van der Waals surface area contributed by atoms with E-state index in [0.717, 1.165) is 56.9 Å². The molecule has 0 heterocycles. The van der Waals surface area contributed by atoms with Crippen molar-refractivity contribution in [3.05, 3.63) is 12.2 Å². The monoisotopic (exact) mass is 472 g/mol. The van der Waals surface area contributed by atoms with Gasteiger partial charge < -0.3 is 15.3 Å². The molecule has 5 saturated carbocycles. The van der Waals surface area contributed by atoms with E-state index in [2.05, 4.69) is 41.2 Å². The molecule has 0 aliphatic heterocycles. The van der Waals surface area contributed by atoms with Crippen LogP contribution in [0.5, 0.6) is 0 Å². The average molecular weight is 473 g/mol. The molecule has 0 aromatic heterocycles. The van der Waals surface area contributed by atoms with E-state index in [0.29, 0.717) is 17.8 Å². The Morgan fingerprint density at radius 3 is 2.21 bits per heavy atom. The summed E-state index contributed by atoms with van der Waals surface area (Å²) in [6, 6.07) is 0. The summed E-state index contributed by atoms with van der Waals surface area (Å²) in [6.45, 7) is 16.4. The van der Waals surface area contributed by atoms with Crippen molar-refractivity contribution in [1.82, 2.24) is 0 Å². The van der Waals surface area contributed by atoms with Gasteiger partial charge in [0.05, 0.1) is 18.1 Å². The maximum atomic E-state index is 12.8. The lowest BCUT2D eigenvalue weighted by Crippen LogP contribution is -2.67. The number of hydrogen-bond donors (Lipinski definition) is 3. The SMILES string of the molecule is C=C(CO)C1CC[C@]2(C(=O)O)CC[C@]3(C)C(CCC4[C@@]5(C)CC[C@H](O)C(C)(C)C5CC[C@]43C)C12. The van der Waals surface area contributed by atoms with Gasteiger partial charge in [0.15, 0.2) is 0 Å². The predicted octanol–water partition coefficient (Wildman–Crippen LogP) is 6.06. The Bertz CT molecular complexity index is 879. The van der Waals surface area contributed by atoms with Crippen molar-refractivity contribution in [3.8, 4) is 0 Å². The van der Waals surface area contributed by atoms with E-state index >= 15 is 0 Å². The topological polar surface area (TPSA) is 77.8 Å². The fourth-order valence-corrected chi connectivity index (χ4v) is 11.5. The number of carbonyl (C=O) groups is 1. The largest absolute Gasteiger partial charge is 0.481 e. The number of aliphatic hydroxyl groups is 2. The van der Waals surface area contributed by atoms with E-state index in [4.69, 9.17) is 0 Å². The molecule has 0 aromatic rings. The Balaban J connectivity index is 1.56. The molecule has 0 saturated heterocycles. The van der Waals surface area contributed by atoms with Crippen LogP contribution in [0.4, 0.5) is 0 Å². The van der Waals surface area contributed by atoms with Crippen molar-refractivity contribution in [2.75, 3.05) is 6.61 Å². The summed E-state index contributed by atoms with van der Waals surface area (Å²) in [5, 5.41) is 31.4. The maximum Gasteiger partial charge on any atom is 0.309 e. The Morgan fingerprint density at radius 2 is 1.56 bits per heavy atom. The van der Waals surface area contributed by atoms with Crippen molar-refractivity contribution in [2.24, 2.45) is 56.7 Å². The number of hydrogen-bond acceptors (Lipinski definition) is 3. The third kappa shape index (κ3) is 2.82. The molecular formula is C30H48O4. The third-order valence-corrected chi connectivity index (χ3v) is 13.6. The lowest BCUT2D eigenvalue weighted by Gasteiger charge is -2.72. The zero-order chi connectivity index (χ0) is 24.9. The number of fused-ring (bicyclic) bond motifs is 7. The number of carboxylic acids is 1. The van der Waals surface area contributed by atoms with Gasteiger partial charge in [-0.3, -0.25) is 4.79 Å². The molecule has 0 radical (unpaired) electrons. The van der Waals surface area contributed by atoms with Crippen LogP contribution in [0.1, 0.15) is 98.8 Å². The molecule has 0 bridgehead atoms. The first-order chi connectivity index (χ1) is 15.8. The highest BCUT2D eigenvalue weighted by molar-refractivity contribution is 5.76. The summed E-state index contributed by atoms with van der Waals surface area (Å²) in [6.07, 6.45) is 9.75. The minimum Gasteiger partial charge on any atom is -0.481 e. The molecule has 3 N–H and O–H groups in total. The molecule has 0 amide bonds. The fourth-order valence-electron chi connectivity index (χ4n) is 11.5. The molecule has 5 rings (SSSR count). The lowest BCUT2D eigenvalue weighted by molar-refractivity contribution is -0.248. The molecule has 5 aliphatic rings. The van der Waals surface area contributed by atoms with Crippen LogP contribution in [-0.4, -0.2) is 34.0 Å². The van der Waals surface area contributed by atoms with E-state index in [1.165, 1.54) is 12.8 Å². The van der Waals surface area contributed by atoms with E-state index in [-0.39, 0.29) is 46.2 Å². The Kier molecular flexibility index (Phi) is 5.52. The number of carboxylic acid groups (broad SMARTS) is 1. The normalized spacial score (nSPS) is 53.7. The van der Waals surface area contributed by atoms with Crippen molar-refractivity contribution in [2.45, 2.75) is 105 Å². The van der Waals surface area contributed by atoms with Gasteiger partial charge in [-0.1, -0.05) is 41.2 Å². The zero-order valence-corrected chi connectivity index (χ0v) is 22.2. The molecule has 0 spiro atoms. The Morgan fingerprint density at radius 1 is 0.853 bits per heavy atom. The van der Waals surface area contributed by atoms with Gasteiger partial charge in [0.2, 0.25) is 0 Å². The van der Waals surface area contributed by atoms with Crippen LogP contribution >= 0.6 is 0 Å². The summed E-state index contributed by atoms with van der Waals surface area (Å²) in [7, 11) is 0. The van der Waals surface area contributed by atoms with E-state index in [1.54, 1.807) is 0 Å². The molecule has 5 unspecified atom stereocenters. The van der Waals surface area contributed by atoms with Gasteiger partial charge in [-0.25, -0.2) is 0 Å². The summed E-state index contributed by atoms with van der Waals surface area (Å²) in [4.78, 5) is 12.8. The Labute approximate surface area is 206 Å².